The number of primary amides is 1. The van der Waals surface area contributed by atoms with Crippen LogP contribution in [0.25, 0.3) is 0 Å². The zero-order chi connectivity index (χ0) is 17.5. The number of carboxylic acid groups (broad SMARTS) is 1. The Labute approximate surface area is 142 Å². The molecule has 2 rings (SSSR count). The third kappa shape index (κ3) is 5.36. The molecule has 10 heteroatoms. The molecule has 2 aromatic rings. The van der Waals surface area contributed by atoms with E-state index in [1.54, 1.807) is 24.3 Å². The van der Waals surface area contributed by atoms with Gasteiger partial charge in [-0.15, -0.1) is 0 Å². The lowest BCUT2D eigenvalue weighted by Crippen LogP contribution is -2.11. The van der Waals surface area contributed by atoms with Crippen LogP contribution in [0.4, 0.5) is 17.6 Å². The molecule has 0 saturated carbocycles. The quantitative estimate of drug-likeness (QED) is 0.526. The van der Waals surface area contributed by atoms with E-state index in [1.165, 1.54) is 0 Å². The lowest BCUT2D eigenvalue weighted by atomic mass is 10.2. The second-order valence-electron chi connectivity index (χ2n) is 4.74. The first-order valence-electron chi connectivity index (χ1n) is 6.98. The summed E-state index contributed by atoms with van der Waals surface area (Å²) in [7, 11) is 0. The highest BCUT2D eigenvalue weighted by Gasteiger charge is 2.06. The predicted octanol–water partition coefficient (Wildman–Crippen LogP) is 1.64. The highest BCUT2D eigenvalue weighted by Crippen LogP contribution is 2.16. The van der Waals surface area contributed by atoms with Crippen LogP contribution < -0.4 is 16.4 Å². The molecule has 0 atom stereocenters. The van der Waals surface area contributed by atoms with Gasteiger partial charge in [0.1, 0.15) is 0 Å². The molecule has 0 aliphatic rings. The summed E-state index contributed by atoms with van der Waals surface area (Å²) in [6.45, 7) is 0.388. The van der Waals surface area contributed by atoms with Crippen molar-refractivity contribution in [3.05, 3.63) is 35.1 Å². The van der Waals surface area contributed by atoms with Gasteiger partial charge in [0, 0.05) is 24.2 Å². The van der Waals surface area contributed by atoms with Crippen molar-refractivity contribution in [1.29, 1.82) is 0 Å². The number of halogens is 1. The number of benzene rings is 1. The van der Waals surface area contributed by atoms with Crippen molar-refractivity contribution >= 4 is 41.1 Å². The second-order valence-corrected chi connectivity index (χ2v) is 5.08. The molecular formula is C14H15ClN6O3. The monoisotopic (exact) mass is 350 g/mol. The van der Waals surface area contributed by atoms with E-state index >= 15 is 0 Å². The Balaban J connectivity index is 2.02. The third-order valence-electron chi connectivity index (χ3n) is 2.88. The lowest BCUT2D eigenvalue weighted by molar-refractivity contribution is -0.137. The molecule has 0 fully saturated rings. The molecule has 9 nitrogen and oxygen atoms in total. The van der Waals surface area contributed by atoms with Crippen LogP contribution in [0.15, 0.2) is 24.3 Å². The topological polar surface area (TPSA) is 143 Å². The summed E-state index contributed by atoms with van der Waals surface area (Å²) in [5, 5.41) is 14.4. The number of aliphatic carboxylic acids is 1. The van der Waals surface area contributed by atoms with Crippen LogP contribution in [-0.2, 0) is 4.79 Å². The van der Waals surface area contributed by atoms with Crippen molar-refractivity contribution in [2.24, 2.45) is 5.73 Å². The Kier molecular flexibility index (Phi) is 5.85. The van der Waals surface area contributed by atoms with Crippen molar-refractivity contribution in [3.63, 3.8) is 0 Å². The minimum Gasteiger partial charge on any atom is -0.481 e. The molecule has 0 bridgehead atoms. The van der Waals surface area contributed by atoms with Gasteiger partial charge in [-0.25, -0.2) is 0 Å². The molecule has 0 unspecified atom stereocenters. The van der Waals surface area contributed by atoms with E-state index in [-0.39, 0.29) is 23.6 Å². The maximum Gasteiger partial charge on any atom is 0.303 e. The Morgan fingerprint density at radius 2 is 1.79 bits per heavy atom. The molecule has 1 heterocycles. The molecular weight excluding hydrogens is 336 g/mol. The number of nitrogens with one attached hydrogen (secondary N) is 2. The van der Waals surface area contributed by atoms with Crippen LogP contribution in [0.3, 0.4) is 0 Å². The molecule has 1 aromatic heterocycles. The van der Waals surface area contributed by atoms with Gasteiger partial charge in [-0.05, 0) is 42.3 Å². The number of hydrogen-bond donors (Lipinski definition) is 4. The molecule has 5 N–H and O–H groups in total. The number of amides is 1. The number of nitrogens with zero attached hydrogens (tertiary/aromatic N) is 3. The number of rotatable bonds is 8. The van der Waals surface area contributed by atoms with Gasteiger partial charge in [-0.3, -0.25) is 9.59 Å². The van der Waals surface area contributed by atoms with Crippen molar-refractivity contribution < 1.29 is 14.7 Å². The van der Waals surface area contributed by atoms with Crippen LogP contribution >= 0.6 is 11.6 Å². The summed E-state index contributed by atoms with van der Waals surface area (Å²) in [6.07, 6.45) is 0.471. The first-order chi connectivity index (χ1) is 11.4. The van der Waals surface area contributed by atoms with Crippen LogP contribution in [0.2, 0.25) is 5.28 Å². The molecule has 1 amide bonds. The normalized spacial score (nSPS) is 10.2. The summed E-state index contributed by atoms with van der Waals surface area (Å²) >= 11 is 5.85. The standard InChI is InChI=1S/C14H15ClN6O3/c15-12-19-13(17-7-1-2-10(22)23)21-14(20-12)18-9-5-3-8(4-6-9)11(16)24/h3-6H,1-2,7H2,(H2,16,24)(H,22,23)(H2,17,18,19,20,21). The Morgan fingerprint density at radius 3 is 2.42 bits per heavy atom. The first kappa shape index (κ1) is 17.4. The Hall–Kier alpha value is -2.94. The molecule has 0 aliphatic heterocycles. The molecule has 0 aliphatic carbocycles. The fraction of sp³-hybridized carbons (Fsp3) is 0.214. The van der Waals surface area contributed by atoms with Crippen LogP contribution in [0, 0.1) is 0 Å². The predicted molar refractivity (Wildman–Crippen MR) is 88.4 cm³/mol. The first-order valence-corrected chi connectivity index (χ1v) is 7.36. The van der Waals surface area contributed by atoms with Crippen molar-refractivity contribution in [2.75, 3.05) is 17.2 Å². The fourth-order valence-corrected chi connectivity index (χ4v) is 1.93. The second kappa shape index (κ2) is 8.06. The van der Waals surface area contributed by atoms with E-state index in [0.717, 1.165) is 0 Å². The number of hydrogen-bond acceptors (Lipinski definition) is 7. The lowest BCUT2D eigenvalue weighted by Gasteiger charge is -2.08. The van der Waals surface area contributed by atoms with Crippen molar-refractivity contribution in [2.45, 2.75) is 12.8 Å². The van der Waals surface area contributed by atoms with Crippen LogP contribution in [0.1, 0.15) is 23.2 Å². The zero-order valence-corrected chi connectivity index (χ0v) is 13.2. The average Bonchev–Trinajstić information content (AvgIpc) is 2.51. The number of carbonyl (C=O) groups is 2. The zero-order valence-electron chi connectivity index (χ0n) is 12.5. The van der Waals surface area contributed by atoms with Crippen molar-refractivity contribution in [1.82, 2.24) is 15.0 Å². The molecule has 0 spiro atoms. The summed E-state index contributed by atoms with van der Waals surface area (Å²) < 4.78 is 0. The molecule has 1 aromatic carbocycles. The number of carboxylic acids is 1. The van der Waals surface area contributed by atoms with Gasteiger partial charge in [0.2, 0.25) is 23.1 Å². The van der Waals surface area contributed by atoms with Gasteiger partial charge in [-0.2, -0.15) is 15.0 Å². The smallest absolute Gasteiger partial charge is 0.303 e. The fourth-order valence-electron chi connectivity index (χ4n) is 1.77. The Bertz CT molecular complexity index is 738. The van der Waals surface area contributed by atoms with Gasteiger partial charge < -0.3 is 21.5 Å². The van der Waals surface area contributed by atoms with Gasteiger partial charge >= 0.3 is 5.97 Å². The molecule has 0 saturated heterocycles. The third-order valence-corrected chi connectivity index (χ3v) is 3.05. The highest BCUT2D eigenvalue weighted by atomic mass is 35.5. The van der Waals surface area contributed by atoms with E-state index in [9.17, 15) is 9.59 Å². The van der Waals surface area contributed by atoms with Crippen LogP contribution in [0.5, 0.6) is 0 Å². The largest absolute Gasteiger partial charge is 0.481 e. The number of anilines is 3. The average molecular weight is 351 g/mol. The van der Waals surface area contributed by atoms with E-state index in [2.05, 4.69) is 25.6 Å². The summed E-state index contributed by atoms with van der Waals surface area (Å²) in [5.41, 5.74) is 6.20. The molecule has 24 heavy (non-hydrogen) atoms. The Morgan fingerprint density at radius 1 is 1.12 bits per heavy atom. The van der Waals surface area contributed by atoms with Gasteiger partial charge in [0.25, 0.3) is 0 Å². The van der Waals surface area contributed by atoms with E-state index in [1.807, 2.05) is 0 Å². The minimum absolute atomic E-state index is 0.0120. The number of aromatic nitrogens is 3. The maximum absolute atomic E-state index is 11.0. The minimum atomic E-state index is -0.868. The van der Waals surface area contributed by atoms with E-state index in [0.29, 0.717) is 24.2 Å². The van der Waals surface area contributed by atoms with Gasteiger partial charge in [0.05, 0.1) is 0 Å². The SMILES string of the molecule is NC(=O)c1ccc(Nc2nc(Cl)nc(NCCCC(=O)O)n2)cc1. The summed E-state index contributed by atoms with van der Waals surface area (Å²) in [6, 6.07) is 6.44. The summed E-state index contributed by atoms with van der Waals surface area (Å²) in [5.74, 6) is -0.941. The van der Waals surface area contributed by atoms with Gasteiger partial charge in [-0.1, -0.05) is 0 Å². The molecule has 126 valence electrons. The van der Waals surface area contributed by atoms with E-state index in [4.69, 9.17) is 22.4 Å². The maximum atomic E-state index is 11.0. The van der Waals surface area contributed by atoms with Crippen molar-refractivity contribution in [3.8, 4) is 0 Å². The van der Waals surface area contributed by atoms with Crippen LogP contribution in [-0.4, -0.2) is 38.5 Å². The van der Waals surface area contributed by atoms with Gasteiger partial charge in [0.15, 0.2) is 0 Å². The number of nitrogens with two attached hydrogens (primary N) is 1. The van der Waals surface area contributed by atoms with E-state index < -0.39 is 11.9 Å². The molecule has 0 radical (unpaired) electrons. The summed E-state index contributed by atoms with van der Waals surface area (Å²) in [4.78, 5) is 33.5. The number of carbonyl (C=O) groups excluding carboxylic acids is 1. The highest BCUT2D eigenvalue weighted by molar-refractivity contribution is 6.28.